The number of nitrogens with zero attached hydrogens (tertiary/aromatic N) is 2. The fraction of sp³-hybridized carbons (Fsp3) is 0.265. The first-order valence-corrected chi connectivity index (χ1v) is 17.6. The molecule has 4 aromatic rings. The Morgan fingerprint density at radius 2 is 1.78 bits per heavy atom. The average molecular weight is 835 g/mol. The van der Waals surface area contributed by atoms with Gasteiger partial charge >= 0.3 is 5.97 Å². The van der Waals surface area contributed by atoms with Crippen molar-refractivity contribution in [1.29, 1.82) is 0 Å². The van der Waals surface area contributed by atoms with E-state index < -0.39 is 12.0 Å². The predicted octanol–water partition coefficient (Wildman–Crippen LogP) is 7.46. The number of hydrogen-bond donors (Lipinski definition) is 0. The summed E-state index contributed by atoms with van der Waals surface area (Å²) in [7, 11) is 1.55. The highest BCUT2D eigenvalue weighted by atomic mass is 79.9. The maximum absolute atomic E-state index is 14.3. The molecule has 12 heteroatoms. The van der Waals surface area contributed by atoms with Gasteiger partial charge in [-0.15, -0.1) is 0 Å². The monoisotopic (exact) mass is 832 g/mol. The van der Waals surface area contributed by atoms with Crippen LogP contribution >= 0.6 is 59.1 Å². The van der Waals surface area contributed by atoms with E-state index in [0.29, 0.717) is 50.0 Å². The molecule has 0 fully saturated rings. The molecule has 0 aliphatic carbocycles. The highest BCUT2D eigenvalue weighted by Gasteiger charge is 2.34. The number of thiazole rings is 1. The number of methoxy groups -OCH3 is 1. The minimum Gasteiger partial charge on any atom is -0.493 e. The van der Waals surface area contributed by atoms with Crippen LogP contribution in [0.2, 0.25) is 0 Å². The molecule has 3 aromatic carbocycles. The number of esters is 1. The Kier molecular flexibility index (Phi) is 10.9. The molecule has 0 saturated heterocycles. The van der Waals surface area contributed by atoms with Crippen molar-refractivity contribution < 1.29 is 23.7 Å². The molecule has 0 unspecified atom stereocenters. The first-order chi connectivity index (χ1) is 22.0. The largest absolute Gasteiger partial charge is 0.493 e. The maximum atomic E-state index is 14.3. The van der Waals surface area contributed by atoms with E-state index in [1.165, 1.54) is 11.3 Å². The molecule has 0 spiro atoms. The lowest BCUT2D eigenvalue weighted by Gasteiger charge is -2.25. The summed E-state index contributed by atoms with van der Waals surface area (Å²) < 4.78 is 27.8. The lowest BCUT2D eigenvalue weighted by atomic mass is 9.95. The van der Waals surface area contributed by atoms with Crippen LogP contribution in [0.4, 0.5) is 0 Å². The molecule has 1 aromatic heterocycles. The van der Waals surface area contributed by atoms with Gasteiger partial charge in [0.2, 0.25) is 0 Å². The summed E-state index contributed by atoms with van der Waals surface area (Å²) in [4.78, 5) is 32.8. The Hall–Kier alpha value is -3.19. The zero-order valence-electron chi connectivity index (χ0n) is 25.7. The third-order valence-electron chi connectivity index (χ3n) is 7.00. The molecule has 1 atom stereocenters. The second-order valence-electron chi connectivity index (χ2n) is 10.6. The van der Waals surface area contributed by atoms with Crippen LogP contribution in [0, 0.1) is 0 Å². The fourth-order valence-corrected chi connectivity index (χ4v) is 7.70. The van der Waals surface area contributed by atoms with Crippen LogP contribution in [0.3, 0.4) is 0 Å². The maximum Gasteiger partial charge on any atom is 0.338 e. The molecule has 0 saturated carbocycles. The summed E-state index contributed by atoms with van der Waals surface area (Å²) in [6.45, 7) is 7.86. The molecule has 1 aliphatic rings. The molecule has 1 aliphatic heterocycles. The number of benzene rings is 3. The van der Waals surface area contributed by atoms with Crippen LogP contribution in [0.25, 0.3) is 6.08 Å². The standard InChI is InChI=1S/C34H31Br3N2O6S/c1-6-43-33(41)29-19(4)38-34-39(30(29)21-9-12-26(45-18(2)3)27(14-21)42-5)32(40)28(46-34)15-22-13-24(36)16-25(37)31(22)44-17-20-7-10-23(35)11-8-20/h7-16,18,30H,6,17H2,1-5H3/b28-15+/t30-/m1/s1. The van der Waals surface area contributed by atoms with Gasteiger partial charge < -0.3 is 18.9 Å². The van der Waals surface area contributed by atoms with E-state index in [0.717, 1.165) is 19.0 Å². The number of fused-ring (bicyclic) bond motifs is 1. The molecular weight excluding hydrogens is 804 g/mol. The Labute approximate surface area is 295 Å². The minimum atomic E-state index is -0.804. The van der Waals surface area contributed by atoms with Crippen molar-refractivity contribution in [3.05, 3.63) is 116 Å². The Morgan fingerprint density at radius 1 is 1.04 bits per heavy atom. The van der Waals surface area contributed by atoms with Crippen molar-refractivity contribution in [2.75, 3.05) is 13.7 Å². The molecule has 0 amide bonds. The van der Waals surface area contributed by atoms with E-state index in [1.807, 2.05) is 56.3 Å². The fourth-order valence-electron chi connectivity index (χ4n) is 5.03. The van der Waals surface area contributed by atoms with Crippen LogP contribution in [0.5, 0.6) is 17.2 Å². The third-order valence-corrected chi connectivity index (χ3v) is 9.56. The van der Waals surface area contributed by atoms with Crippen LogP contribution < -0.4 is 29.1 Å². The molecule has 0 bridgehead atoms. The topological polar surface area (TPSA) is 88.4 Å². The zero-order valence-corrected chi connectivity index (χ0v) is 31.3. The van der Waals surface area contributed by atoms with E-state index in [4.69, 9.17) is 23.9 Å². The zero-order chi connectivity index (χ0) is 33.1. The van der Waals surface area contributed by atoms with Gasteiger partial charge in [-0.3, -0.25) is 9.36 Å². The highest BCUT2D eigenvalue weighted by molar-refractivity contribution is 9.11. The number of hydrogen-bond acceptors (Lipinski definition) is 8. The average Bonchev–Trinajstić information content (AvgIpc) is 3.30. The number of carbonyl (C=O) groups is 1. The molecule has 0 radical (unpaired) electrons. The van der Waals surface area contributed by atoms with Gasteiger partial charge in [0, 0.05) is 14.5 Å². The first-order valence-electron chi connectivity index (χ1n) is 14.4. The second kappa shape index (κ2) is 14.7. The quantitative estimate of drug-likeness (QED) is 0.154. The Bertz CT molecular complexity index is 2000. The van der Waals surface area contributed by atoms with E-state index in [-0.39, 0.29) is 23.8 Å². The molecular formula is C34H31Br3N2O6S. The number of aromatic nitrogens is 1. The molecule has 0 N–H and O–H groups in total. The molecule has 5 rings (SSSR count). The number of ether oxygens (including phenoxy) is 4. The summed E-state index contributed by atoms with van der Waals surface area (Å²) in [5, 5.41) is 0. The predicted molar refractivity (Wildman–Crippen MR) is 189 cm³/mol. The van der Waals surface area contributed by atoms with E-state index in [2.05, 4.69) is 47.8 Å². The van der Waals surface area contributed by atoms with Crippen molar-refractivity contribution in [1.82, 2.24) is 4.57 Å². The van der Waals surface area contributed by atoms with Crippen LogP contribution in [-0.4, -0.2) is 30.4 Å². The lowest BCUT2D eigenvalue weighted by molar-refractivity contribution is -0.139. The number of halogens is 3. The van der Waals surface area contributed by atoms with Crippen LogP contribution in [0.15, 0.2) is 89.1 Å². The number of rotatable bonds is 10. The normalized spacial score (nSPS) is 14.6. The van der Waals surface area contributed by atoms with Crippen LogP contribution in [-0.2, 0) is 16.1 Å². The molecule has 2 heterocycles. The van der Waals surface area contributed by atoms with Gasteiger partial charge in [0.1, 0.15) is 12.4 Å². The summed E-state index contributed by atoms with van der Waals surface area (Å²) in [6, 6.07) is 16.3. The minimum absolute atomic E-state index is 0.0727. The highest BCUT2D eigenvalue weighted by Crippen LogP contribution is 2.37. The summed E-state index contributed by atoms with van der Waals surface area (Å²) in [5.74, 6) is 1.09. The Morgan fingerprint density at radius 3 is 2.46 bits per heavy atom. The van der Waals surface area contributed by atoms with Gasteiger partial charge in [-0.2, -0.15) is 0 Å². The van der Waals surface area contributed by atoms with E-state index in [9.17, 15) is 9.59 Å². The number of allylic oxidation sites excluding steroid dienone is 1. The summed E-state index contributed by atoms with van der Waals surface area (Å²) >= 11 is 11.9. The summed E-state index contributed by atoms with van der Waals surface area (Å²) in [5.41, 5.74) is 2.79. The molecule has 240 valence electrons. The molecule has 8 nitrogen and oxygen atoms in total. The van der Waals surface area contributed by atoms with Crippen molar-refractivity contribution >= 4 is 71.2 Å². The smallest absolute Gasteiger partial charge is 0.338 e. The van der Waals surface area contributed by atoms with Gasteiger partial charge in [0.15, 0.2) is 16.3 Å². The van der Waals surface area contributed by atoms with Gasteiger partial charge in [0.05, 0.1) is 46.1 Å². The van der Waals surface area contributed by atoms with E-state index in [1.54, 1.807) is 43.7 Å². The van der Waals surface area contributed by atoms with Crippen molar-refractivity contribution in [3.8, 4) is 17.2 Å². The number of carbonyl (C=O) groups excluding carboxylic acids is 1. The van der Waals surface area contributed by atoms with E-state index >= 15 is 0 Å². The second-order valence-corrected chi connectivity index (χ2v) is 14.3. The molecule has 46 heavy (non-hydrogen) atoms. The Balaban J connectivity index is 1.66. The van der Waals surface area contributed by atoms with Crippen LogP contribution in [0.1, 0.15) is 50.4 Å². The third kappa shape index (κ3) is 7.35. The van der Waals surface area contributed by atoms with Gasteiger partial charge in [-0.05, 0) is 97.2 Å². The van der Waals surface area contributed by atoms with Gasteiger partial charge in [-0.1, -0.05) is 61.4 Å². The lowest BCUT2D eigenvalue weighted by Crippen LogP contribution is -2.40. The van der Waals surface area contributed by atoms with Gasteiger partial charge in [0.25, 0.3) is 5.56 Å². The SMILES string of the molecule is CCOC(=O)C1=C(C)N=c2s/c(=C/c3cc(Br)cc(Br)c3OCc3ccc(Br)cc3)c(=O)n2[C@@H]1c1ccc(OC(C)C)c(OC)c1. The van der Waals surface area contributed by atoms with Crippen molar-refractivity contribution in [2.45, 2.75) is 46.4 Å². The van der Waals surface area contributed by atoms with Gasteiger partial charge in [-0.25, -0.2) is 9.79 Å². The summed E-state index contributed by atoms with van der Waals surface area (Å²) in [6.07, 6.45) is 1.72. The first kappa shape index (κ1) is 34.2. The van der Waals surface area contributed by atoms with Crippen molar-refractivity contribution in [3.63, 3.8) is 0 Å². The van der Waals surface area contributed by atoms with Crippen molar-refractivity contribution in [2.24, 2.45) is 4.99 Å².